The number of nitrogens with zero attached hydrogens (tertiary/aromatic N) is 4. The minimum atomic E-state index is -0.837. The van der Waals surface area contributed by atoms with Crippen LogP contribution in [0, 0.1) is 0 Å². The summed E-state index contributed by atoms with van der Waals surface area (Å²) in [6.45, 7) is 2.60. The van der Waals surface area contributed by atoms with Crippen molar-refractivity contribution in [3.63, 3.8) is 0 Å². The van der Waals surface area contributed by atoms with E-state index >= 15 is 0 Å². The Morgan fingerprint density at radius 1 is 1.14 bits per heavy atom. The third-order valence-corrected chi connectivity index (χ3v) is 4.69. The molecule has 0 aliphatic rings. The van der Waals surface area contributed by atoms with Gasteiger partial charge in [-0.15, -0.1) is 0 Å². The van der Waals surface area contributed by atoms with E-state index < -0.39 is 18.0 Å². The van der Waals surface area contributed by atoms with Crippen LogP contribution in [0.3, 0.4) is 0 Å². The fourth-order valence-electron chi connectivity index (χ4n) is 3.04. The third-order valence-electron chi connectivity index (χ3n) is 4.69. The standard InChI is InChI=1S/C23H23N7O5/c1-2-3-9-34-23(33)26-12-15-5-4-6-16(10-15)27-22(32)28-17-7-8-18(20-13-25-14-35-20)19(11-17)21(31)29-30-24/h4-8,10-11,13-14H,2-3,9,12H2,1H3,(H,26,33)(H2,27,28,32). The van der Waals surface area contributed by atoms with E-state index in [4.69, 9.17) is 14.7 Å². The first kappa shape index (κ1) is 24.8. The topological polar surface area (TPSA) is 171 Å². The number of unbranched alkanes of at least 4 members (excludes halogenated alkanes) is 1. The van der Waals surface area contributed by atoms with Crippen molar-refractivity contribution < 1.29 is 23.5 Å². The number of oxazole rings is 1. The van der Waals surface area contributed by atoms with Crippen LogP contribution in [0.5, 0.6) is 0 Å². The maximum absolute atomic E-state index is 12.5. The number of hydrogen-bond acceptors (Lipinski definition) is 6. The summed E-state index contributed by atoms with van der Waals surface area (Å²) < 4.78 is 10.3. The van der Waals surface area contributed by atoms with Crippen LogP contribution in [-0.2, 0) is 11.3 Å². The molecule has 2 aromatic carbocycles. The lowest BCUT2D eigenvalue weighted by atomic mass is 10.0. The number of hydrogen-bond donors (Lipinski definition) is 3. The minimum absolute atomic E-state index is 0.0382. The van der Waals surface area contributed by atoms with Crippen LogP contribution < -0.4 is 16.0 Å². The van der Waals surface area contributed by atoms with E-state index in [2.05, 4.69) is 31.0 Å². The Morgan fingerprint density at radius 2 is 1.94 bits per heavy atom. The predicted molar refractivity (Wildman–Crippen MR) is 128 cm³/mol. The Morgan fingerprint density at radius 3 is 2.66 bits per heavy atom. The molecule has 180 valence electrons. The van der Waals surface area contributed by atoms with E-state index in [1.54, 1.807) is 36.4 Å². The zero-order chi connectivity index (χ0) is 25.0. The number of nitrogens with one attached hydrogen (secondary N) is 3. The van der Waals surface area contributed by atoms with Gasteiger partial charge in [0.2, 0.25) is 5.91 Å². The highest BCUT2D eigenvalue weighted by Gasteiger charge is 2.16. The van der Waals surface area contributed by atoms with Gasteiger partial charge in [-0.1, -0.05) is 25.5 Å². The first-order chi connectivity index (χ1) is 17.0. The summed E-state index contributed by atoms with van der Waals surface area (Å²) in [6, 6.07) is 10.8. The number of carbonyl (C=O) groups excluding carboxylic acids is 3. The molecule has 4 amide bonds. The smallest absolute Gasteiger partial charge is 0.407 e. The average molecular weight is 477 g/mol. The lowest BCUT2D eigenvalue weighted by molar-refractivity contribution is 0.100. The zero-order valence-corrected chi connectivity index (χ0v) is 18.9. The van der Waals surface area contributed by atoms with Gasteiger partial charge in [0.1, 0.15) is 0 Å². The molecule has 0 aliphatic heterocycles. The molecule has 1 heterocycles. The van der Waals surface area contributed by atoms with Crippen molar-refractivity contribution in [3.8, 4) is 11.3 Å². The summed E-state index contributed by atoms with van der Waals surface area (Å²) in [6.07, 6.45) is 3.84. The molecule has 3 N–H and O–H groups in total. The van der Waals surface area contributed by atoms with Gasteiger partial charge in [-0.2, -0.15) is 0 Å². The van der Waals surface area contributed by atoms with Crippen LogP contribution >= 0.6 is 0 Å². The number of aromatic nitrogens is 1. The molecule has 0 atom stereocenters. The van der Waals surface area contributed by atoms with Crippen molar-refractivity contribution >= 4 is 29.4 Å². The number of carbonyl (C=O) groups is 3. The van der Waals surface area contributed by atoms with Crippen molar-refractivity contribution in [2.45, 2.75) is 26.3 Å². The lowest BCUT2D eigenvalue weighted by Crippen LogP contribution is -2.24. The Labute approximate surface area is 200 Å². The van der Waals surface area contributed by atoms with Crippen LogP contribution in [0.2, 0.25) is 0 Å². The number of anilines is 2. The highest BCUT2D eigenvalue weighted by atomic mass is 16.5. The normalized spacial score (nSPS) is 10.1. The molecule has 0 radical (unpaired) electrons. The molecule has 12 heteroatoms. The molecule has 3 aromatic rings. The van der Waals surface area contributed by atoms with Gasteiger partial charge in [-0.25, -0.2) is 14.6 Å². The van der Waals surface area contributed by atoms with Crippen LogP contribution in [0.25, 0.3) is 21.8 Å². The average Bonchev–Trinajstić information content (AvgIpc) is 3.38. The SMILES string of the molecule is CCCCOC(=O)NCc1cccc(NC(=O)Nc2ccc(-c3cnco3)c(C(=O)N=[N+]=[N-])c2)c1. The second-order valence-electron chi connectivity index (χ2n) is 7.24. The molecule has 3 rings (SSSR count). The van der Waals surface area contributed by atoms with Gasteiger partial charge in [0.05, 0.1) is 12.8 Å². The molecule has 0 aliphatic carbocycles. The van der Waals surface area contributed by atoms with Gasteiger partial charge in [-0.05, 0) is 53.0 Å². The second-order valence-corrected chi connectivity index (χ2v) is 7.24. The lowest BCUT2D eigenvalue weighted by Gasteiger charge is -2.11. The van der Waals surface area contributed by atoms with Crippen molar-refractivity contribution in [2.75, 3.05) is 17.2 Å². The third kappa shape index (κ3) is 7.34. The largest absolute Gasteiger partial charge is 0.450 e. The molecule has 0 fully saturated rings. The molecule has 12 nitrogen and oxygen atoms in total. The highest BCUT2D eigenvalue weighted by molar-refractivity contribution is 6.04. The number of urea groups is 1. The second kappa shape index (κ2) is 12.4. The number of azide groups is 1. The van der Waals surface area contributed by atoms with Gasteiger partial charge in [0.25, 0.3) is 0 Å². The van der Waals surface area contributed by atoms with Crippen molar-refractivity contribution in [1.82, 2.24) is 10.3 Å². The Kier molecular flexibility index (Phi) is 8.80. The van der Waals surface area contributed by atoms with Gasteiger partial charge in [0.15, 0.2) is 12.2 Å². The quantitative estimate of drug-likeness (QED) is 0.160. The maximum atomic E-state index is 12.5. The number of amides is 4. The molecular formula is C23H23N7O5. The van der Waals surface area contributed by atoms with Gasteiger partial charge >= 0.3 is 12.1 Å². The highest BCUT2D eigenvalue weighted by Crippen LogP contribution is 2.27. The summed E-state index contributed by atoms with van der Waals surface area (Å²) in [7, 11) is 0. The van der Waals surface area contributed by atoms with Crippen LogP contribution in [-0.4, -0.2) is 29.6 Å². The molecule has 0 spiro atoms. The first-order valence-electron chi connectivity index (χ1n) is 10.7. The van der Waals surface area contributed by atoms with Gasteiger partial charge in [0, 0.05) is 34.0 Å². The first-order valence-corrected chi connectivity index (χ1v) is 10.7. The van der Waals surface area contributed by atoms with E-state index in [0.717, 1.165) is 18.4 Å². The fraction of sp³-hybridized carbons (Fsp3) is 0.217. The molecule has 35 heavy (non-hydrogen) atoms. The molecular weight excluding hydrogens is 454 g/mol. The van der Waals surface area contributed by atoms with Gasteiger partial charge < -0.3 is 25.1 Å². The summed E-state index contributed by atoms with van der Waals surface area (Å²) >= 11 is 0. The summed E-state index contributed by atoms with van der Waals surface area (Å²) in [4.78, 5) is 42.8. The fourth-order valence-corrected chi connectivity index (χ4v) is 3.04. The maximum Gasteiger partial charge on any atom is 0.407 e. The Balaban J connectivity index is 1.64. The van der Waals surface area contributed by atoms with Crippen LogP contribution in [0.15, 0.2) is 64.6 Å². The summed E-state index contributed by atoms with van der Waals surface area (Å²) in [5, 5.41) is 11.1. The van der Waals surface area contributed by atoms with Gasteiger partial charge in [-0.3, -0.25) is 4.79 Å². The van der Waals surface area contributed by atoms with Crippen LogP contribution in [0.1, 0.15) is 35.7 Å². The van der Waals surface area contributed by atoms with Crippen molar-refractivity contribution in [2.24, 2.45) is 5.11 Å². The van der Waals surface area contributed by atoms with Crippen molar-refractivity contribution in [1.29, 1.82) is 0 Å². The summed E-state index contributed by atoms with van der Waals surface area (Å²) in [5.74, 6) is -0.534. The molecule has 0 saturated heterocycles. The Bertz CT molecular complexity index is 1240. The monoisotopic (exact) mass is 477 g/mol. The molecule has 0 bridgehead atoms. The molecule has 0 saturated carbocycles. The molecule has 1 aromatic heterocycles. The predicted octanol–water partition coefficient (Wildman–Crippen LogP) is 5.46. The van der Waals surface area contributed by atoms with E-state index in [0.29, 0.717) is 23.6 Å². The van der Waals surface area contributed by atoms with E-state index in [1.165, 1.54) is 18.7 Å². The number of alkyl carbamates (subject to hydrolysis) is 1. The number of rotatable bonds is 9. The number of ether oxygens (including phenoxy) is 1. The van der Waals surface area contributed by atoms with Crippen molar-refractivity contribution in [3.05, 3.63) is 76.6 Å². The van der Waals surface area contributed by atoms with E-state index in [1.807, 2.05) is 6.92 Å². The molecule has 0 unspecified atom stereocenters. The van der Waals surface area contributed by atoms with E-state index in [-0.39, 0.29) is 17.8 Å². The van der Waals surface area contributed by atoms with E-state index in [9.17, 15) is 14.4 Å². The Hall–Kier alpha value is -4.83. The zero-order valence-electron chi connectivity index (χ0n) is 18.9. The number of benzene rings is 2. The summed E-state index contributed by atoms with van der Waals surface area (Å²) in [5.41, 5.74) is 10.6. The van der Waals surface area contributed by atoms with Crippen LogP contribution in [0.4, 0.5) is 21.0 Å². The minimum Gasteiger partial charge on any atom is -0.450 e.